The summed E-state index contributed by atoms with van der Waals surface area (Å²) in [5.41, 5.74) is 0. The van der Waals surface area contributed by atoms with Crippen molar-refractivity contribution in [2.75, 3.05) is 26.4 Å². The van der Waals surface area contributed by atoms with Gasteiger partial charge in [0.05, 0.1) is 13.2 Å². The number of rotatable bonds is 2. The van der Waals surface area contributed by atoms with Gasteiger partial charge in [-0.1, -0.05) is 0 Å². The monoisotopic (exact) mass is 200 g/mol. The number of nitrogens with zero attached hydrogens (tertiary/aromatic N) is 1. The molecule has 2 aliphatic rings. The highest BCUT2D eigenvalue weighted by molar-refractivity contribution is 5.88. The molecule has 6 heteroatoms. The second-order valence-corrected chi connectivity index (χ2v) is 3.21. The molecule has 2 aliphatic heterocycles. The van der Waals surface area contributed by atoms with Crippen LogP contribution < -0.4 is 5.32 Å². The van der Waals surface area contributed by atoms with E-state index in [4.69, 9.17) is 14.6 Å². The Labute approximate surface area is 80.9 Å². The second kappa shape index (κ2) is 3.93. The van der Waals surface area contributed by atoms with Crippen LogP contribution in [0.2, 0.25) is 0 Å². The topological polar surface area (TPSA) is 80.2 Å². The van der Waals surface area contributed by atoms with E-state index in [1.165, 1.54) is 0 Å². The van der Waals surface area contributed by atoms with Crippen LogP contribution >= 0.6 is 0 Å². The molecule has 2 atom stereocenters. The number of hydrogen-bond acceptors (Lipinski definition) is 5. The number of carboxylic acids is 1. The molecule has 14 heavy (non-hydrogen) atoms. The maximum Gasteiger partial charge on any atom is 0.332 e. The van der Waals surface area contributed by atoms with Crippen molar-refractivity contribution >= 4 is 11.9 Å². The first-order valence-electron chi connectivity index (χ1n) is 4.52. The fourth-order valence-electron chi connectivity index (χ4n) is 1.43. The first-order chi connectivity index (χ1) is 6.77. The summed E-state index contributed by atoms with van der Waals surface area (Å²) in [5, 5.41) is 11.8. The van der Waals surface area contributed by atoms with Gasteiger partial charge in [-0.3, -0.25) is 0 Å². The van der Waals surface area contributed by atoms with Crippen LogP contribution in [0.25, 0.3) is 0 Å². The highest BCUT2D eigenvalue weighted by Crippen LogP contribution is 2.09. The Morgan fingerprint density at radius 3 is 3.00 bits per heavy atom. The Balaban J connectivity index is 1.97. The predicted octanol–water partition coefficient (Wildman–Crippen LogP) is -1.14. The van der Waals surface area contributed by atoms with Crippen molar-refractivity contribution in [3.63, 3.8) is 0 Å². The molecule has 1 fully saturated rings. The van der Waals surface area contributed by atoms with Gasteiger partial charge in [0.2, 0.25) is 5.90 Å². The average molecular weight is 200 g/mol. The van der Waals surface area contributed by atoms with Crippen molar-refractivity contribution in [3.8, 4) is 0 Å². The van der Waals surface area contributed by atoms with Crippen molar-refractivity contribution in [2.24, 2.45) is 4.99 Å². The minimum atomic E-state index is -0.947. The van der Waals surface area contributed by atoms with E-state index in [0.717, 1.165) is 6.54 Å². The van der Waals surface area contributed by atoms with Crippen molar-refractivity contribution < 1.29 is 19.4 Å². The molecule has 2 rings (SSSR count). The molecular formula is C8H12N2O4. The largest absolute Gasteiger partial charge is 0.480 e. The van der Waals surface area contributed by atoms with Crippen LogP contribution in [0.4, 0.5) is 0 Å². The van der Waals surface area contributed by atoms with Crippen LogP contribution in [-0.2, 0) is 14.3 Å². The average Bonchev–Trinajstić information content (AvgIpc) is 2.68. The van der Waals surface area contributed by atoms with Gasteiger partial charge in [-0.15, -0.1) is 0 Å². The quantitative estimate of drug-likeness (QED) is 0.588. The maximum absolute atomic E-state index is 10.6. The first-order valence-corrected chi connectivity index (χ1v) is 4.52. The molecule has 0 spiro atoms. The minimum absolute atomic E-state index is 0.0897. The van der Waals surface area contributed by atoms with Gasteiger partial charge < -0.3 is 19.9 Å². The van der Waals surface area contributed by atoms with Gasteiger partial charge in [-0.25, -0.2) is 9.79 Å². The molecule has 2 heterocycles. The minimum Gasteiger partial charge on any atom is -0.480 e. The fraction of sp³-hybridized carbons (Fsp3) is 0.750. The molecule has 0 aliphatic carbocycles. The summed E-state index contributed by atoms with van der Waals surface area (Å²) < 4.78 is 10.4. The molecule has 0 aromatic carbocycles. The van der Waals surface area contributed by atoms with Crippen molar-refractivity contribution in [3.05, 3.63) is 0 Å². The van der Waals surface area contributed by atoms with E-state index in [1.807, 2.05) is 0 Å². The van der Waals surface area contributed by atoms with E-state index < -0.39 is 12.0 Å². The molecule has 78 valence electrons. The third-order valence-electron chi connectivity index (χ3n) is 2.18. The van der Waals surface area contributed by atoms with Gasteiger partial charge in [-0.2, -0.15) is 0 Å². The fourth-order valence-corrected chi connectivity index (χ4v) is 1.43. The Kier molecular flexibility index (Phi) is 2.64. The van der Waals surface area contributed by atoms with Crippen LogP contribution in [0.15, 0.2) is 4.99 Å². The van der Waals surface area contributed by atoms with Gasteiger partial charge in [0.25, 0.3) is 0 Å². The van der Waals surface area contributed by atoms with Crippen LogP contribution in [0.1, 0.15) is 0 Å². The molecule has 0 bridgehead atoms. The van der Waals surface area contributed by atoms with Gasteiger partial charge >= 0.3 is 5.97 Å². The molecule has 0 aromatic rings. The summed E-state index contributed by atoms with van der Waals surface area (Å²) in [6.07, 6.45) is 0. The molecule has 0 radical (unpaired) electrons. The Morgan fingerprint density at radius 2 is 2.43 bits per heavy atom. The Morgan fingerprint density at radius 1 is 1.57 bits per heavy atom. The lowest BCUT2D eigenvalue weighted by Gasteiger charge is -2.22. The number of hydrogen-bond donors (Lipinski definition) is 2. The maximum atomic E-state index is 10.6. The zero-order valence-electron chi connectivity index (χ0n) is 7.60. The van der Waals surface area contributed by atoms with E-state index in [1.54, 1.807) is 0 Å². The van der Waals surface area contributed by atoms with Crippen LogP contribution in [0, 0.1) is 0 Å². The van der Waals surface area contributed by atoms with Gasteiger partial charge in [-0.05, 0) is 0 Å². The lowest BCUT2D eigenvalue weighted by atomic mass is 10.3. The van der Waals surface area contributed by atoms with E-state index in [2.05, 4.69) is 10.3 Å². The molecule has 2 N–H and O–H groups in total. The molecule has 0 aromatic heterocycles. The van der Waals surface area contributed by atoms with Crippen molar-refractivity contribution in [2.45, 2.75) is 12.1 Å². The number of morpholine rings is 1. The van der Waals surface area contributed by atoms with E-state index >= 15 is 0 Å². The van der Waals surface area contributed by atoms with Crippen LogP contribution in [0.3, 0.4) is 0 Å². The number of carboxylic acid groups (broad SMARTS) is 1. The smallest absolute Gasteiger partial charge is 0.332 e. The zero-order valence-corrected chi connectivity index (χ0v) is 7.60. The van der Waals surface area contributed by atoms with Gasteiger partial charge in [0.1, 0.15) is 12.6 Å². The van der Waals surface area contributed by atoms with Crippen LogP contribution in [0.5, 0.6) is 0 Å². The number of ether oxygens (including phenoxy) is 2. The Bertz CT molecular complexity index is 260. The number of aliphatic carboxylic acids is 1. The molecule has 0 saturated carbocycles. The summed E-state index contributed by atoms with van der Waals surface area (Å²) in [6, 6.07) is -0.846. The Hall–Kier alpha value is -1.14. The van der Waals surface area contributed by atoms with Crippen molar-refractivity contribution in [1.82, 2.24) is 5.32 Å². The first kappa shape index (κ1) is 9.42. The van der Waals surface area contributed by atoms with Gasteiger partial charge in [0, 0.05) is 6.54 Å². The summed E-state index contributed by atoms with van der Waals surface area (Å²) in [4.78, 5) is 14.6. The molecule has 2 unspecified atom stereocenters. The highest BCUT2D eigenvalue weighted by atomic mass is 16.5. The predicted molar refractivity (Wildman–Crippen MR) is 47.4 cm³/mol. The summed E-state index contributed by atoms with van der Waals surface area (Å²) in [6.45, 7) is 2.03. The lowest BCUT2D eigenvalue weighted by Crippen LogP contribution is -2.46. The molecule has 6 nitrogen and oxygen atoms in total. The SMILES string of the molecule is O=C(O)C1COC(C2COCCN2)=N1. The number of nitrogens with one attached hydrogen (secondary N) is 1. The third kappa shape index (κ3) is 1.85. The molecule has 1 saturated heterocycles. The molecule has 0 amide bonds. The standard InChI is InChI=1S/C8H12N2O4/c11-8(12)6-4-14-7(10-6)5-3-13-2-1-9-5/h5-6,9H,1-4H2,(H,11,12). The third-order valence-corrected chi connectivity index (χ3v) is 2.18. The van der Waals surface area contributed by atoms with Crippen LogP contribution in [-0.4, -0.2) is 55.4 Å². The number of aliphatic imine (C=N–C) groups is 1. The van der Waals surface area contributed by atoms with Gasteiger partial charge in [0.15, 0.2) is 6.04 Å². The summed E-state index contributed by atoms with van der Waals surface area (Å²) in [7, 11) is 0. The number of carbonyl (C=O) groups is 1. The van der Waals surface area contributed by atoms with E-state index in [0.29, 0.717) is 19.1 Å². The molecular weight excluding hydrogens is 188 g/mol. The van der Waals surface area contributed by atoms with E-state index in [-0.39, 0.29) is 12.6 Å². The zero-order chi connectivity index (χ0) is 9.97. The normalized spacial score (nSPS) is 32.1. The lowest BCUT2D eigenvalue weighted by molar-refractivity contribution is -0.138. The van der Waals surface area contributed by atoms with Crippen molar-refractivity contribution in [1.29, 1.82) is 0 Å². The second-order valence-electron chi connectivity index (χ2n) is 3.21. The summed E-state index contributed by atoms with van der Waals surface area (Å²) >= 11 is 0. The van der Waals surface area contributed by atoms with E-state index in [9.17, 15) is 4.79 Å². The summed E-state index contributed by atoms with van der Waals surface area (Å²) in [5.74, 6) is -0.492. The highest BCUT2D eigenvalue weighted by Gasteiger charge is 2.30.